The van der Waals surface area contributed by atoms with Gasteiger partial charge < -0.3 is 10.4 Å². The van der Waals surface area contributed by atoms with Gasteiger partial charge in [-0.1, -0.05) is 30.9 Å². The lowest BCUT2D eigenvalue weighted by atomic mass is 9.85. The van der Waals surface area contributed by atoms with E-state index in [9.17, 15) is 4.79 Å². The number of H-pyrrole nitrogens is 1. The average molecular weight is 309 g/mol. The Hall–Kier alpha value is -2.58. The molecule has 3 N–H and O–H groups in total. The summed E-state index contributed by atoms with van der Waals surface area (Å²) in [7, 11) is 0. The molecule has 1 aromatic carbocycles. The summed E-state index contributed by atoms with van der Waals surface area (Å²) >= 11 is 0. The number of nitrogens with zero attached hydrogens (tertiary/aromatic N) is 1. The molecule has 2 aromatic rings. The first-order valence-electron chi connectivity index (χ1n) is 7.79. The number of hydrogen-bond donors (Lipinski definition) is 3. The molecule has 1 aliphatic heterocycles. The number of aryl methyl sites for hydroxylation is 1. The second-order valence-electron chi connectivity index (χ2n) is 5.52. The topological polar surface area (TPSA) is 78.0 Å². The van der Waals surface area contributed by atoms with E-state index in [0.29, 0.717) is 18.7 Å². The summed E-state index contributed by atoms with van der Waals surface area (Å²) in [6, 6.07) is 7.94. The van der Waals surface area contributed by atoms with Crippen LogP contribution >= 0.6 is 0 Å². The molecule has 0 radical (unpaired) electrons. The molecular formula is C18H19N3O2. The maximum Gasteiger partial charge on any atom is 0.226 e. The zero-order valence-corrected chi connectivity index (χ0v) is 13.0. The van der Waals surface area contributed by atoms with E-state index in [-0.39, 0.29) is 18.4 Å². The van der Waals surface area contributed by atoms with Crippen molar-refractivity contribution in [2.45, 2.75) is 32.1 Å². The van der Waals surface area contributed by atoms with Gasteiger partial charge in [0.15, 0.2) is 5.82 Å². The van der Waals surface area contributed by atoms with Crippen molar-refractivity contribution in [1.29, 1.82) is 0 Å². The Morgan fingerprint density at radius 2 is 2.13 bits per heavy atom. The third kappa shape index (κ3) is 3.13. The molecule has 3 rings (SSSR count). The van der Waals surface area contributed by atoms with Crippen molar-refractivity contribution in [3.8, 4) is 11.8 Å². The largest absolute Gasteiger partial charge is 0.395 e. The standard InChI is InChI=1S/C18H19N3O2/c1-2-15-17-14(11-16(23)19-18(17)21-20-15)13-8-6-12(7-9-13)5-3-4-10-22/h6-9,14,22H,2,4,10-11H2,1H3,(H2,19,20,21,23)/t14-/m1/s1. The Labute approximate surface area is 135 Å². The van der Waals surface area contributed by atoms with Gasteiger partial charge in [-0.15, -0.1) is 0 Å². The van der Waals surface area contributed by atoms with Crippen molar-refractivity contribution in [3.63, 3.8) is 0 Å². The molecule has 0 aliphatic carbocycles. The molecular weight excluding hydrogens is 290 g/mol. The Morgan fingerprint density at radius 3 is 2.83 bits per heavy atom. The normalized spacial score (nSPS) is 16.3. The van der Waals surface area contributed by atoms with Crippen molar-refractivity contribution in [2.75, 3.05) is 11.9 Å². The van der Waals surface area contributed by atoms with Gasteiger partial charge in [-0.05, 0) is 24.1 Å². The van der Waals surface area contributed by atoms with Crippen molar-refractivity contribution in [3.05, 3.63) is 46.6 Å². The maximum absolute atomic E-state index is 11.9. The second-order valence-corrected chi connectivity index (χ2v) is 5.52. The fourth-order valence-electron chi connectivity index (χ4n) is 2.90. The SMILES string of the molecule is CCc1[nH]nc2c1[C@@H](c1ccc(C#CCCO)cc1)CC(=O)N2. The summed E-state index contributed by atoms with van der Waals surface area (Å²) in [5.74, 6) is 6.58. The van der Waals surface area contributed by atoms with Crippen molar-refractivity contribution in [1.82, 2.24) is 10.2 Å². The molecule has 0 saturated heterocycles. The van der Waals surface area contributed by atoms with Crippen LogP contribution in [-0.2, 0) is 11.2 Å². The van der Waals surface area contributed by atoms with Crippen LogP contribution in [-0.4, -0.2) is 27.8 Å². The minimum atomic E-state index is -0.0107. The van der Waals surface area contributed by atoms with Crippen LogP contribution < -0.4 is 5.32 Å². The molecule has 23 heavy (non-hydrogen) atoms. The fraction of sp³-hybridized carbons (Fsp3) is 0.333. The summed E-state index contributed by atoms with van der Waals surface area (Å²) < 4.78 is 0. The van der Waals surface area contributed by atoms with Gasteiger partial charge in [-0.2, -0.15) is 5.10 Å². The van der Waals surface area contributed by atoms with Crippen molar-refractivity contribution < 1.29 is 9.90 Å². The Balaban J connectivity index is 1.92. The summed E-state index contributed by atoms with van der Waals surface area (Å²) in [5.41, 5.74) is 4.15. The molecule has 1 aromatic heterocycles. The van der Waals surface area contributed by atoms with E-state index in [2.05, 4.69) is 34.3 Å². The molecule has 0 unspecified atom stereocenters. The molecule has 5 nitrogen and oxygen atoms in total. The number of aliphatic hydroxyl groups excluding tert-OH is 1. The number of aromatic amines is 1. The highest BCUT2D eigenvalue weighted by atomic mass is 16.2. The van der Waals surface area contributed by atoms with Gasteiger partial charge in [-0.3, -0.25) is 9.89 Å². The lowest BCUT2D eigenvalue weighted by Crippen LogP contribution is -2.23. The Kier molecular flexibility index (Phi) is 4.45. The zero-order chi connectivity index (χ0) is 16.2. The number of carbonyl (C=O) groups is 1. The van der Waals surface area contributed by atoms with Crippen LogP contribution in [0.5, 0.6) is 0 Å². The summed E-state index contributed by atoms with van der Waals surface area (Å²) in [6.07, 6.45) is 1.75. The van der Waals surface area contributed by atoms with E-state index < -0.39 is 0 Å². The zero-order valence-electron chi connectivity index (χ0n) is 13.0. The number of rotatable bonds is 3. The highest BCUT2D eigenvalue weighted by Gasteiger charge is 2.30. The Bertz CT molecular complexity index is 766. The number of nitrogens with one attached hydrogen (secondary N) is 2. The van der Waals surface area contributed by atoms with Gasteiger partial charge in [-0.25, -0.2) is 0 Å². The van der Waals surface area contributed by atoms with Crippen molar-refractivity contribution in [2.24, 2.45) is 0 Å². The third-order valence-corrected chi connectivity index (χ3v) is 4.01. The van der Waals surface area contributed by atoms with Crippen LogP contribution in [0.15, 0.2) is 24.3 Å². The molecule has 1 atom stereocenters. The van der Waals surface area contributed by atoms with E-state index in [1.54, 1.807) is 0 Å². The molecule has 5 heteroatoms. The van der Waals surface area contributed by atoms with Crippen LogP contribution in [0, 0.1) is 11.8 Å². The monoisotopic (exact) mass is 309 g/mol. The number of benzene rings is 1. The minimum absolute atomic E-state index is 0.0107. The van der Waals surface area contributed by atoms with Crippen molar-refractivity contribution >= 4 is 11.7 Å². The number of aliphatic hydroxyl groups is 1. The van der Waals surface area contributed by atoms with E-state index in [4.69, 9.17) is 5.11 Å². The first-order valence-corrected chi connectivity index (χ1v) is 7.79. The predicted octanol–water partition coefficient (Wildman–Crippen LogP) is 2.18. The van der Waals surface area contributed by atoms with Crippen LogP contribution in [0.2, 0.25) is 0 Å². The summed E-state index contributed by atoms with van der Waals surface area (Å²) in [6.45, 7) is 2.15. The lowest BCUT2D eigenvalue weighted by Gasteiger charge is -2.23. The number of fused-ring (bicyclic) bond motifs is 1. The van der Waals surface area contributed by atoms with Crippen LogP contribution in [0.4, 0.5) is 5.82 Å². The quantitative estimate of drug-likeness (QED) is 0.760. The predicted molar refractivity (Wildman–Crippen MR) is 88.1 cm³/mol. The molecule has 0 bridgehead atoms. The number of anilines is 1. The second kappa shape index (κ2) is 6.67. The van der Waals surface area contributed by atoms with Gasteiger partial charge in [0.05, 0.1) is 6.61 Å². The van der Waals surface area contributed by atoms with Crippen LogP contribution in [0.25, 0.3) is 0 Å². The molecule has 1 amide bonds. The summed E-state index contributed by atoms with van der Waals surface area (Å²) in [5, 5.41) is 18.8. The van der Waals surface area contributed by atoms with Gasteiger partial charge in [0, 0.05) is 35.6 Å². The third-order valence-electron chi connectivity index (χ3n) is 4.01. The van der Waals surface area contributed by atoms with Gasteiger partial charge in [0.2, 0.25) is 5.91 Å². The van der Waals surface area contributed by atoms with Gasteiger partial charge in [0.25, 0.3) is 0 Å². The van der Waals surface area contributed by atoms with E-state index >= 15 is 0 Å². The number of aromatic nitrogens is 2. The number of hydrogen-bond acceptors (Lipinski definition) is 3. The molecule has 2 heterocycles. The maximum atomic E-state index is 11.9. The van der Waals surface area contributed by atoms with E-state index in [0.717, 1.165) is 28.8 Å². The van der Waals surface area contributed by atoms with Gasteiger partial charge >= 0.3 is 0 Å². The molecule has 0 saturated carbocycles. The smallest absolute Gasteiger partial charge is 0.226 e. The van der Waals surface area contributed by atoms with Crippen LogP contribution in [0.3, 0.4) is 0 Å². The molecule has 0 spiro atoms. The number of amides is 1. The number of carbonyl (C=O) groups excluding carboxylic acids is 1. The van der Waals surface area contributed by atoms with E-state index in [1.807, 2.05) is 24.3 Å². The van der Waals surface area contributed by atoms with Crippen LogP contribution in [0.1, 0.15) is 48.1 Å². The first kappa shape index (κ1) is 15.3. The molecule has 1 aliphatic rings. The van der Waals surface area contributed by atoms with Gasteiger partial charge in [0.1, 0.15) is 0 Å². The Morgan fingerprint density at radius 1 is 1.35 bits per heavy atom. The highest BCUT2D eigenvalue weighted by molar-refractivity contribution is 5.94. The average Bonchev–Trinajstić information content (AvgIpc) is 2.98. The highest BCUT2D eigenvalue weighted by Crippen LogP contribution is 2.38. The lowest BCUT2D eigenvalue weighted by molar-refractivity contribution is -0.116. The first-order chi connectivity index (χ1) is 11.2. The minimum Gasteiger partial charge on any atom is -0.395 e. The molecule has 118 valence electrons. The van der Waals surface area contributed by atoms with E-state index in [1.165, 1.54) is 0 Å². The molecule has 0 fully saturated rings. The summed E-state index contributed by atoms with van der Waals surface area (Å²) in [4.78, 5) is 11.9. The fourth-order valence-corrected chi connectivity index (χ4v) is 2.90.